The van der Waals surface area contributed by atoms with E-state index in [2.05, 4.69) is 34.3 Å². The zero-order valence-electron chi connectivity index (χ0n) is 30.1. The third kappa shape index (κ3) is 10.9. The second-order valence-corrected chi connectivity index (χ2v) is 16.4. The highest BCUT2D eigenvalue weighted by Crippen LogP contribution is 2.68. The van der Waals surface area contributed by atoms with Gasteiger partial charge in [0.2, 0.25) is 0 Å². The van der Waals surface area contributed by atoms with Crippen molar-refractivity contribution in [1.29, 1.82) is 0 Å². The Morgan fingerprint density at radius 1 is 0.957 bits per heavy atom. The highest BCUT2D eigenvalue weighted by atomic mass is 16.6. The van der Waals surface area contributed by atoms with Crippen molar-refractivity contribution in [3.05, 3.63) is 12.2 Å². The van der Waals surface area contributed by atoms with E-state index in [4.69, 9.17) is 24.4 Å². The number of carbonyl (C=O) groups is 2. The molecule has 0 amide bonds. The summed E-state index contributed by atoms with van der Waals surface area (Å²) < 4.78 is 16.9. The van der Waals surface area contributed by atoms with Crippen LogP contribution in [0.5, 0.6) is 0 Å². The molecule has 10 unspecified atom stereocenters. The summed E-state index contributed by atoms with van der Waals surface area (Å²) in [5.74, 6) is 5.23. The average molecular weight is 665 g/mol. The van der Waals surface area contributed by atoms with Gasteiger partial charge in [0.15, 0.2) is 0 Å². The molecule has 0 aromatic heterocycles. The van der Waals surface area contributed by atoms with Gasteiger partial charge in [-0.3, -0.25) is 0 Å². The quantitative estimate of drug-likeness (QED) is 0.0745. The van der Waals surface area contributed by atoms with Crippen LogP contribution in [0.4, 0.5) is 0 Å². The van der Waals surface area contributed by atoms with Crippen molar-refractivity contribution in [2.24, 2.45) is 58.2 Å². The summed E-state index contributed by atoms with van der Waals surface area (Å²) in [4.78, 5) is 21.5. The predicted molar refractivity (Wildman–Crippen MR) is 190 cm³/mol. The zero-order chi connectivity index (χ0) is 33.9. The molecular weight excluding hydrogens is 592 g/mol. The Morgan fingerprint density at radius 3 is 2.28 bits per heavy atom. The van der Waals surface area contributed by atoms with Gasteiger partial charge in [-0.25, -0.2) is 4.79 Å². The van der Waals surface area contributed by atoms with Gasteiger partial charge in [0.05, 0.1) is 32.0 Å². The van der Waals surface area contributed by atoms with Gasteiger partial charge in [0.1, 0.15) is 19.0 Å². The van der Waals surface area contributed by atoms with E-state index in [1.807, 2.05) is 0 Å². The minimum Gasteiger partial charge on any atom is -0.459 e. The summed E-state index contributed by atoms with van der Waals surface area (Å²) in [6.07, 6.45) is 18.7. The molecule has 7 heteroatoms. The van der Waals surface area contributed by atoms with Crippen LogP contribution in [-0.4, -0.2) is 68.7 Å². The normalized spacial score (nSPS) is 34.0. The van der Waals surface area contributed by atoms with E-state index in [9.17, 15) is 9.59 Å². The molecule has 4 fully saturated rings. The molecule has 0 aliphatic heterocycles. The number of ether oxygens (including phenoxy) is 3. The molecule has 274 valence electrons. The van der Waals surface area contributed by atoms with Crippen molar-refractivity contribution in [2.45, 2.75) is 132 Å². The summed E-state index contributed by atoms with van der Waals surface area (Å²) in [7, 11) is 1.64. The first kappa shape index (κ1) is 41.9. The fourth-order valence-corrected chi connectivity index (χ4v) is 10.0. The van der Waals surface area contributed by atoms with E-state index in [0.29, 0.717) is 30.0 Å². The Morgan fingerprint density at radius 2 is 1.66 bits per heavy atom. The van der Waals surface area contributed by atoms with Crippen LogP contribution in [0.25, 0.3) is 0 Å². The van der Waals surface area contributed by atoms with E-state index in [1.165, 1.54) is 83.5 Å². The van der Waals surface area contributed by atoms with Crippen molar-refractivity contribution in [1.82, 2.24) is 0 Å². The summed E-state index contributed by atoms with van der Waals surface area (Å²) in [6, 6.07) is 0. The summed E-state index contributed by atoms with van der Waals surface area (Å²) in [5, 5.41) is 17.2. The largest absolute Gasteiger partial charge is 0.459 e. The number of hydrogen-bond acceptors (Lipinski definition) is 7. The lowest BCUT2D eigenvalue weighted by Gasteiger charge is -2.61. The van der Waals surface area contributed by atoms with Gasteiger partial charge < -0.3 is 29.2 Å². The lowest BCUT2D eigenvalue weighted by atomic mass is 9.44. The molecule has 47 heavy (non-hydrogen) atoms. The second kappa shape index (κ2) is 19.8. The number of fused-ring (bicyclic) bond motifs is 5. The first-order chi connectivity index (χ1) is 21.9. The Labute approximate surface area is 288 Å². The molecule has 0 spiro atoms. The number of aliphatic hydroxyl groups is 2. The number of aldehydes is 1. The maximum Gasteiger partial charge on any atom is 0.335 e. The second-order valence-electron chi connectivity index (χ2n) is 16.4. The topological polar surface area (TPSA) is 102 Å². The van der Waals surface area contributed by atoms with Crippen LogP contribution in [0.2, 0.25) is 0 Å². The van der Waals surface area contributed by atoms with E-state index < -0.39 is 12.6 Å². The van der Waals surface area contributed by atoms with Crippen LogP contribution in [0.15, 0.2) is 12.2 Å². The molecule has 0 aromatic carbocycles. The van der Waals surface area contributed by atoms with Gasteiger partial charge in [0.25, 0.3) is 0 Å². The third-order valence-corrected chi connectivity index (χ3v) is 12.9. The molecule has 0 bridgehead atoms. The van der Waals surface area contributed by atoms with E-state index in [-0.39, 0.29) is 38.2 Å². The lowest BCUT2D eigenvalue weighted by Crippen LogP contribution is -2.53. The summed E-state index contributed by atoms with van der Waals surface area (Å²) in [5.41, 5.74) is 1.15. The van der Waals surface area contributed by atoms with Gasteiger partial charge >= 0.3 is 5.97 Å². The van der Waals surface area contributed by atoms with Crippen molar-refractivity contribution in [2.75, 3.05) is 40.1 Å². The van der Waals surface area contributed by atoms with E-state index in [1.54, 1.807) is 14.0 Å². The molecule has 4 aliphatic carbocycles. The SMILES string of the molecule is C.C=C(CO)C(=O)OCC(COC)OCC1CCC2(C)C(CCC3C4CCC(CCCCC(C)C)C4(C)CCC32)C1.CC(C=O)CO. The molecule has 10 atom stereocenters. The van der Waals surface area contributed by atoms with Gasteiger partial charge in [-0.15, -0.1) is 0 Å². The number of methoxy groups -OCH3 is 1. The van der Waals surface area contributed by atoms with Crippen LogP contribution in [0.1, 0.15) is 126 Å². The Balaban J connectivity index is 0.00000100. The fraction of sp³-hybridized carbons (Fsp3) is 0.900. The standard InChI is InChI=1S/C35H60O5.C4H8O2.CH4/c1-24(2)9-7-8-10-27-12-14-31-30-13-11-28-19-26(15-17-35(28,5)32(30)16-18-34(27,31)4)21-39-29(22-38-6)23-40-33(37)25(3)20-36;1-4(2-5)3-6;/h24,26-32,36H,3,7-23H2,1-2,4-6H3;2,4,6H,3H2,1H3;1H4. The maximum absolute atomic E-state index is 11.9. The van der Waals surface area contributed by atoms with Crippen molar-refractivity contribution >= 4 is 12.3 Å². The number of aliphatic hydroxyl groups excluding tert-OH is 2. The van der Waals surface area contributed by atoms with Crippen molar-refractivity contribution in [3.8, 4) is 0 Å². The Kier molecular flexibility index (Phi) is 17.6. The van der Waals surface area contributed by atoms with Gasteiger partial charge in [-0.2, -0.15) is 0 Å². The average Bonchev–Trinajstić information content (AvgIpc) is 3.39. The molecular formula is C40H72O7. The minimum absolute atomic E-state index is 0. The number of rotatable bonds is 16. The summed E-state index contributed by atoms with van der Waals surface area (Å²) in [6.45, 7) is 16.1. The maximum atomic E-state index is 11.9. The monoisotopic (exact) mass is 665 g/mol. The Hall–Kier alpha value is -1.28. The van der Waals surface area contributed by atoms with Crippen LogP contribution in [0.3, 0.4) is 0 Å². The molecule has 4 saturated carbocycles. The van der Waals surface area contributed by atoms with Crippen LogP contribution >= 0.6 is 0 Å². The van der Waals surface area contributed by atoms with Gasteiger partial charge in [-0.1, -0.05) is 67.9 Å². The first-order valence-corrected chi connectivity index (χ1v) is 18.6. The third-order valence-electron chi connectivity index (χ3n) is 12.9. The molecule has 7 nitrogen and oxygen atoms in total. The van der Waals surface area contributed by atoms with Crippen LogP contribution < -0.4 is 0 Å². The minimum atomic E-state index is -0.569. The molecule has 4 rings (SSSR count). The highest BCUT2D eigenvalue weighted by Gasteiger charge is 2.59. The first-order valence-electron chi connectivity index (χ1n) is 18.6. The van der Waals surface area contributed by atoms with Gasteiger partial charge in [-0.05, 0) is 116 Å². The highest BCUT2D eigenvalue weighted by molar-refractivity contribution is 5.87. The number of carbonyl (C=O) groups excluding carboxylic acids is 2. The lowest BCUT2D eigenvalue weighted by molar-refractivity contribution is -0.148. The molecule has 0 saturated heterocycles. The predicted octanol–water partition coefficient (Wildman–Crippen LogP) is 8.05. The van der Waals surface area contributed by atoms with E-state index in [0.717, 1.165) is 41.8 Å². The molecule has 0 radical (unpaired) electrons. The Bertz CT molecular complexity index is 951. The van der Waals surface area contributed by atoms with Crippen LogP contribution in [-0.2, 0) is 23.8 Å². The summed E-state index contributed by atoms with van der Waals surface area (Å²) >= 11 is 0. The van der Waals surface area contributed by atoms with Crippen molar-refractivity contribution < 1.29 is 34.0 Å². The number of unbranched alkanes of at least 4 members (excludes halogenated alkanes) is 1. The zero-order valence-corrected chi connectivity index (χ0v) is 30.1. The number of esters is 1. The molecule has 0 aromatic rings. The van der Waals surface area contributed by atoms with E-state index >= 15 is 0 Å². The van der Waals surface area contributed by atoms with Crippen molar-refractivity contribution in [3.63, 3.8) is 0 Å². The smallest absolute Gasteiger partial charge is 0.335 e. The molecule has 0 heterocycles. The number of hydrogen-bond donors (Lipinski definition) is 2. The van der Waals surface area contributed by atoms with Gasteiger partial charge in [0, 0.05) is 13.0 Å². The fourth-order valence-electron chi connectivity index (χ4n) is 10.0. The molecule has 2 N–H and O–H groups in total. The molecule has 4 aliphatic rings. The van der Waals surface area contributed by atoms with Crippen LogP contribution in [0, 0.1) is 58.2 Å².